The smallest absolute Gasteiger partial charge is 0.308 e. The van der Waals surface area contributed by atoms with Gasteiger partial charge < -0.3 is 15.7 Å². The molecule has 17 heavy (non-hydrogen) atoms. The Balaban J connectivity index is 2.21. The number of hydrogen-bond acceptors (Lipinski definition) is 3. The van der Waals surface area contributed by atoms with E-state index < -0.39 is 11.9 Å². The van der Waals surface area contributed by atoms with Gasteiger partial charge in [0.2, 0.25) is 5.91 Å². The van der Waals surface area contributed by atoms with Crippen LogP contribution in [0.4, 0.5) is 0 Å². The van der Waals surface area contributed by atoms with Crippen molar-refractivity contribution in [3.63, 3.8) is 0 Å². The molecule has 5 heteroatoms. The summed E-state index contributed by atoms with van der Waals surface area (Å²) >= 11 is 0. The summed E-state index contributed by atoms with van der Waals surface area (Å²) in [6.07, 6.45) is 3.24. The van der Waals surface area contributed by atoms with Crippen molar-refractivity contribution in [3.05, 3.63) is 0 Å². The van der Waals surface area contributed by atoms with Crippen LogP contribution in [0, 0.1) is 11.8 Å². The zero-order valence-electron chi connectivity index (χ0n) is 10.4. The predicted molar refractivity (Wildman–Crippen MR) is 64.6 cm³/mol. The Morgan fingerprint density at radius 2 is 2.29 bits per heavy atom. The molecule has 0 aromatic heterocycles. The number of rotatable bonds is 6. The summed E-state index contributed by atoms with van der Waals surface area (Å²) in [5, 5.41) is 14.8. The van der Waals surface area contributed by atoms with E-state index in [0.29, 0.717) is 18.8 Å². The Morgan fingerprint density at radius 3 is 2.82 bits per heavy atom. The Kier molecular flexibility index (Phi) is 5.97. The molecule has 0 aromatic rings. The second-order valence-electron chi connectivity index (χ2n) is 4.66. The maximum atomic E-state index is 11.6. The molecule has 1 saturated heterocycles. The number of amides is 1. The van der Waals surface area contributed by atoms with Gasteiger partial charge >= 0.3 is 5.97 Å². The van der Waals surface area contributed by atoms with Gasteiger partial charge in [0.25, 0.3) is 0 Å². The van der Waals surface area contributed by atoms with Gasteiger partial charge in [-0.15, -0.1) is 0 Å². The molecule has 0 radical (unpaired) electrons. The number of carboxylic acids is 1. The van der Waals surface area contributed by atoms with E-state index in [9.17, 15) is 9.59 Å². The number of hydrogen-bond donors (Lipinski definition) is 3. The van der Waals surface area contributed by atoms with Gasteiger partial charge in [0.15, 0.2) is 0 Å². The molecule has 1 amide bonds. The highest BCUT2D eigenvalue weighted by Crippen LogP contribution is 2.13. The van der Waals surface area contributed by atoms with Gasteiger partial charge in [-0.1, -0.05) is 6.92 Å². The van der Waals surface area contributed by atoms with Crippen LogP contribution in [-0.4, -0.2) is 36.6 Å². The van der Waals surface area contributed by atoms with E-state index in [0.717, 1.165) is 25.9 Å². The fourth-order valence-electron chi connectivity index (χ4n) is 2.08. The molecular formula is C12H22N2O3. The molecule has 0 spiro atoms. The van der Waals surface area contributed by atoms with Gasteiger partial charge in [-0.3, -0.25) is 9.59 Å². The van der Waals surface area contributed by atoms with E-state index in [4.69, 9.17) is 5.11 Å². The van der Waals surface area contributed by atoms with Crippen molar-refractivity contribution in [3.8, 4) is 0 Å². The minimum atomic E-state index is -0.841. The minimum Gasteiger partial charge on any atom is -0.481 e. The normalized spacial score (nSPS) is 21.8. The van der Waals surface area contributed by atoms with Crippen molar-refractivity contribution in [1.29, 1.82) is 0 Å². The van der Waals surface area contributed by atoms with Crippen LogP contribution in [0.1, 0.15) is 32.6 Å². The van der Waals surface area contributed by atoms with Crippen molar-refractivity contribution in [2.75, 3.05) is 19.6 Å². The molecule has 1 fully saturated rings. The second kappa shape index (κ2) is 7.27. The van der Waals surface area contributed by atoms with Crippen molar-refractivity contribution in [2.45, 2.75) is 32.6 Å². The fourth-order valence-corrected chi connectivity index (χ4v) is 2.08. The molecule has 5 nitrogen and oxygen atoms in total. The molecule has 2 unspecified atom stereocenters. The van der Waals surface area contributed by atoms with Crippen molar-refractivity contribution < 1.29 is 14.7 Å². The number of carbonyl (C=O) groups is 2. The molecule has 0 saturated carbocycles. The van der Waals surface area contributed by atoms with Crippen LogP contribution in [0.15, 0.2) is 0 Å². The number of carbonyl (C=O) groups excluding carboxylic acids is 1. The SMILES string of the molecule is CCC(CNC(=O)CC1CCCNC1)C(=O)O. The Bertz CT molecular complexity index is 262. The highest BCUT2D eigenvalue weighted by Gasteiger charge is 2.19. The Morgan fingerprint density at radius 1 is 1.53 bits per heavy atom. The molecule has 3 N–H and O–H groups in total. The van der Waals surface area contributed by atoms with Crippen LogP contribution in [0.5, 0.6) is 0 Å². The molecule has 2 atom stereocenters. The summed E-state index contributed by atoms with van der Waals surface area (Å²) in [7, 11) is 0. The standard InChI is InChI=1S/C12H22N2O3/c1-2-10(12(16)17)8-14-11(15)6-9-4-3-5-13-7-9/h9-10,13H,2-8H2,1H3,(H,14,15)(H,16,17). The quantitative estimate of drug-likeness (QED) is 0.637. The van der Waals surface area contributed by atoms with E-state index >= 15 is 0 Å². The molecule has 0 aromatic carbocycles. The number of nitrogens with one attached hydrogen (secondary N) is 2. The fraction of sp³-hybridized carbons (Fsp3) is 0.833. The molecule has 1 rings (SSSR count). The summed E-state index contributed by atoms with van der Waals surface area (Å²) in [4.78, 5) is 22.4. The Labute approximate surface area is 102 Å². The zero-order chi connectivity index (χ0) is 12.7. The molecule has 0 bridgehead atoms. The first-order valence-corrected chi connectivity index (χ1v) is 6.33. The van der Waals surface area contributed by atoms with Gasteiger partial charge in [0, 0.05) is 13.0 Å². The first kappa shape index (κ1) is 14.0. The lowest BCUT2D eigenvalue weighted by atomic mass is 9.96. The van der Waals surface area contributed by atoms with Crippen LogP contribution in [0.2, 0.25) is 0 Å². The van der Waals surface area contributed by atoms with Gasteiger partial charge in [-0.25, -0.2) is 0 Å². The van der Waals surface area contributed by atoms with Crippen LogP contribution in [0.3, 0.4) is 0 Å². The maximum Gasteiger partial charge on any atom is 0.308 e. The average Bonchev–Trinajstić information content (AvgIpc) is 2.30. The number of aliphatic carboxylic acids is 1. The molecule has 0 aliphatic carbocycles. The monoisotopic (exact) mass is 242 g/mol. The third-order valence-corrected chi connectivity index (χ3v) is 3.26. The van der Waals surface area contributed by atoms with Crippen molar-refractivity contribution >= 4 is 11.9 Å². The predicted octanol–water partition coefficient (Wildman–Crippen LogP) is 0.603. The minimum absolute atomic E-state index is 0.0293. The van der Waals surface area contributed by atoms with Crippen molar-refractivity contribution in [1.82, 2.24) is 10.6 Å². The van der Waals surface area contributed by atoms with Gasteiger partial charge in [-0.05, 0) is 38.3 Å². The van der Waals surface area contributed by atoms with Crippen LogP contribution < -0.4 is 10.6 Å². The van der Waals surface area contributed by atoms with E-state index in [-0.39, 0.29) is 12.5 Å². The number of piperidine rings is 1. The maximum absolute atomic E-state index is 11.6. The molecular weight excluding hydrogens is 220 g/mol. The van der Waals surface area contributed by atoms with Crippen LogP contribution in [-0.2, 0) is 9.59 Å². The molecule has 1 heterocycles. The lowest BCUT2D eigenvalue weighted by Crippen LogP contribution is -2.37. The summed E-state index contributed by atoms with van der Waals surface area (Å²) in [6.45, 7) is 3.99. The first-order valence-electron chi connectivity index (χ1n) is 6.33. The third-order valence-electron chi connectivity index (χ3n) is 3.26. The average molecular weight is 242 g/mol. The molecule has 1 aliphatic heterocycles. The first-order chi connectivity index (χ1) is 8.13. The summed E-state index contributed by atoms with van der Waals surface area (Å²) < 4.78 is 0. The highest BCUT2D eigenvalue weighted by molar-refractivity contribution is 5.77. The Hall–Kier alpha value is -1.10. The van der Waals surface area contributed by atoms with Crippen LogP contribution >= 0.6 is 0 Å². The lowest BCUT2D eigenvalue weighted by molar-refractivity contribution is -0.141. The number of carboxylic acid groups (broad SMARTS) is 1. The van der Waals surface area contributed by atoms with Gasteiger partial charge in [0.05, 0.1) is 5.92 Å². The van der Waals surface area contributed by atoms with Gasteiger partial charge in [-0.2, -0.15) is 0 Å². The molecule has 98 valence electrons. The van der Waals surface area contributed by atoms with Crippen molar-refractivity contribution in [2.24, 2.45) is 11.8 Å². The summed E-state index contributed by atoms with van der Waals surface area (Å²) in [6, 6.07) is 0. The third kappa shape index (κ3) is 5.17. The van der Waals surface area contributed by atoms with E-state index in [2.05, 4.69) is 10.6 Å². The van der Waals surface area contributed by atoms with Crippen LogP contribution in [0.25, 0.3) is 0 Å². The largest absolute Gasteiger partial charge is 0.481 e. The summed E-state index contributed by atoms with van der Waals surface area (Å²) in [5.41, 5.74) is 0. The van der Waals surface area contributed by atoms with Gasteiger partial charge in [0.1, 0.15) is 0 Å². The van der Waals surface area contributed by atoms with E-state index in [1.165, 1.54) is 0 Å². The van der Waals surface area contributed by atoms with E-state index in [1.54, 1.807) is 0 Å². The molecule has 1 aliphatic rings. The second-order valence-corrected chi connectivity index (χ2v) is 4.66. The summed E-state index contributed by atoms with van der Waals surface area (Å²) in [5.74, 6) is -0.942. The zero-order valence-corrected chi connectivity index (χ0v) is 10.4. The topological polar surface area (TPSA) is 78.4 Å². The van der Waals surface area contributed by atoms with E-state index in [1.807, 2.05) is 6.92 Å². The highest BCUT2D eigenvalue weighted by atomic mass is 16.4. The lowest BCUT2D eigenvalue weighted by Gasteiger charge is -2.22.